The Morgan fingerprint density at radius 2 is 2.15 bits per heavy atom. The molecule has 0 aromatic carbocycles. The highest BCUT2D eigenvalue weighted by atomic mass is 16.5. The van der Waals surface area contributed by atoms with Crippen molar-refractivity contribution in [2.24, 2.45) is 0 Å². The summed E-state index contributed by atoms with van der Waals surface area (Å²) in [6.45, 7) is 8.12. The van der Waals surface area contributed by atoms with E-state index in [-0.39, 0.29) is 6.04 Å². The molecule has 1 fully saturated rings. The minimum atomic E-state index is 0.178. The average Bonchev–Trinajstić information content (AvgIpc) is 2.97. The number of nitrogens with zero attached hydrogens (tertiary/aromatic N) is 4. The first kappa shape index (κ1) is 13.2. The molecule has 6 nitrogen and oxygen atoms in total. The molecular formula is C14H19N5O. The van der Waals surface area contributed by atoms with Crippen LogP contribution in [0, 0.1) is 6.92 Å². The molecule has 0 bridgehead atoms. The Hall–Kier alpha value is -1.79. The molecule has 3 rings (SSSR count). The third-order valence-electron chi connectivity index (χ3n) is 3.66. The van der Waals surface area contributed by atoms with E-state index in [1.807, 2.05) is 19.1 Å². The normalized spacial score (nSPS) is 18.1. The second-order valence-electron chi connectivity index (χ2n) is 5.11. The largest absolute Gasteiger partial charge is 0.334 e. The highest BCUT2D eigenvalue weighted by Crippen LogP contribution is 2.22. The third kappa shape index (κ3) is 2.71. The van der Waals surface area contributed by atoms with Crippen molar-refractivity contribution < 1.29 is 4.52 Å². The Labute approximate surface area is 118 Å². The van der Waals surface area contributed by atoms with Crippen molar-refractivity contribution in [1.82, 2.24) is 25.3 Å². The lowest BCUT2D eigenvalue weighted by Crippen LogP contribution is -2.44. The summed E-state index contributed by atoms with van der Waals surface area (Å²) in [5, 5.41) is 7.47. The maximum atomic E-state index is 5.39. The summed E-state index contributed by atoms with van der Waals surface area (Å²) in [6, 6.07) is 4.02. The van der Waals surface area contributed by atoms with E-state index < -0.39 is 0 Å². The molecule has 1 atom stereocenters. The molecule has 0 aliphatic carbocycles. The number of hydrogen-bond acceptors (Lipinski definition) is 6. The standard InChI is InChI=1S/C14H19N5O/c1-10-9-12(3-4-16-10)14-17-13(18-20-14)11(2)19-7-5-15-6-8-19/h3-4,9,11,15H,5-8H2,1-2H3. The maximum Gasteiger partial charge on any atom is 0.258 e. The highest BCUT2D eigenvalue weighted by Gasteiger charge is 2.22. The van der Waals surface area contributed by atoms with E-state index in [0.29, 0.717) is 5.89 Å². The second kappa shape index (κ2) is 5.68. The Morgan fingerprint density at radius 3 is 2.90 bits per heavy atom. The summed E-state index contributed by atoms with van der Waals surface area (Å²) >= 11 is 0. The van der Waals surface area contributed by atoms with Crippen molar-refractivity contribution >= 4 is 0 Å². The molecule has 2 aromatic heterocycles. The molecule has 1 aliphatic rings. The summed E-state index contributed by atoms with van der Waals surface area (Å²) in [6.07, 6.45) is 1.76. The monoisotopic (exact) mass is 273 g/mol. The van der Waals surface area contributed by atoms with Gasteiger partial charge in [0.2, 0.25) is 0 Å². The molecular weight excluding hydrogens is 254 g/mol. The van der Waals surface area contributed by atoms with Gasteiger partial charge in [0.15, 0.2) is 5.82 Å². The zero-order valence-electron chi connectivity index (χ0n) is 11.8. The Morgan fingerprint density at radius 1 is 1.35 bits per heavy atom. The van der Waals surface area contributed by atoms with Gasteiger partial charge in [0.1, 0.15) is 0 Å². The van der Waals surface area contributed by atoms with Gasteiger partial charge in [-0.3, -0.25) is 9.88 Å². The molecule has 106 valence electrons. The van der Waals surface area contributed by atoms with Gasteiger partial charge in [0.25, 0.3) is 5.89 Å². The van der Waals surface area contributed by atoms with Crippen LogP contribution in [-0.2, 0) is 0 Å². The Bertz CT molecular complexity index is 576. The number of aromatic nitrogens is 3. The van der Waals surface area contributed by atoms with Gasteiger partial charge in [-0.25, -0.2) is 0 Å². The fraction of sp³-hybridized carbons (Fsp3) is 0.500. The summed E-state index contributed by atoms with van der Waals surface area (Å²) in [7, 11) is 0. The molecule has 1 aliphatic heterocycles. The minimum absolute atomic E-state index is 0.178. The van der Waals surface area contributed by atoms with Crippen molar-refractivity contribution in [3.05, 3.63) is 29.8 Å². The van der Waals surface area contributed by atoms with Crippen molar-refractivity contribution in [2.75, 3.05) is 26.2 Å². The van der Waals surface area contributed by atoms with Gasteiger partial charge in [-0.1, -0.05) is 5.16 Å². The summed E-state index contributed by atoms with van der Waals surface area (Å²) < 4.78 is 5.39. The molecule has 3 heterocycles. The quantitative estimate of drug-likeness (QED) is 0.912. The molecule has 6 heteroatoms. The SMILES string of the molecule is Cc1cc(-c2nc(C(C)N3CCNCC3)no2)ccn1. The number of hydrogen-bond donors (Lipinski definition) is 1. The molecule has 1 unspecified atom stereocenters. The molecule has 0 radical (unpaired) electrons. The maximum absolute atomic E-state index is 5.39. The second-order valence-corrected chi connectivity index (χ2v) is 5.11. The van der Waals surface area contributed by atoms with Crippen LogP contribution in [-0.4, -0.2) is 46.2 Å². The smallest absolute Gasteiger partial charge is 0.258 e. The van der Waals surface area contributed by atoms with E-state index in [1.165, 1.54) is 0 Å². The van der Waals surface area contributed by atoms with E-state index in [0.717, 1.165) is 43.3 Å². The van der Waals surface area contributed by atoms with Gasteiger partial charge < -0.3 is 9.84 Å². The first-order valence-electron chi connectivity index (χ1n) is 6.95. The zero-order chi connectivity index (χ0) is 13.9. The topological polar surface area (TPSA) is 67.1 Å². The van der Waals surface area contributed by atoms with Crippen LogP contribution in [0.2, 0.25) is 0 Å². The first-order chi connectivity index (χ1) is 9.74. The van der Waals surface area contributed by atoms with Crippen LogP contribution >= 0.6 is 0 Å². The first-order valence-corrected chi connectivity index (χ1v) is 6.95. The van der Waals surface area contributed by atoms with Crippen molar-refractivity contribution in [3.63, 3.8) is 0 Å². The van der Waals surface area contributed by atoms with Crippen LogP contribution in [0.15, 0.2) is 22.9 Å². The van der Waals surface area contributed by atoms with Crippen molar-refractivity contribution in [3.8, 4) is 11.5 Å². The van der Waals surface area contributed by atoms with Gasteiger partial charge in [-0.2, -0.15) is 4.98 Å². The van der Waals surface area contributed by atoms with Gasteiger partial charge in [-0.15, -0.1) is 0 Å². The Kier molecular flexibility index (Phi) is 3.75. The zero-order valence-corrected chi connectivity index (χ0v) is 11.8. The molecule has 0 spiro atoms. The lowest BCUT2D eigenvalue weighted by molar-refractivity contribution is 0.176. The number of aryl methyl sites for hydroxylation is 1. The van der Waals surface area contributed by atoms with Crippen LogP contribution < -0.4 is 5.32 Å². The fourth-order valence-electron chi connectivity index (χ4n) is 2.43. The number of piperazine rings is 1. The van der Waals surface area contributed by atoms with Crippen LogP contribution in [0.5, 0.6) is 0 Å². The molecule has 20 heavy (non-hydrogen) atoms. The predicted octanol–water partition coefficient (Wildman–Crippen LogP) is 1.41. The van der Waals surface area contributed by atoms with E-state index in [2.05, 4.69) is 32.3 Å². The van der Waals surface area contributed by atoms with Crippen molar-refractivity contribution in [2.45, 2.75) is 19.9 Å². The highest BCUT2D eigenvalue weighted by molar-refractivity contribution is 5.52. The predicted molar refractivity (Wildman–Crippen MR) is 75.1 cm³/mol. The van der Waals surface area contributed by atoms with Gasteiger partial charge in [0.05, 0.1) is 6.04 Å². The molecule has 2 aromatic rings. The molecule has 1 saturated heterocycles. The molecule has 1 N–H and O–H groups in total. The lowest BCUT2D eigenvalue weighted by Gasteiger charge is -2.30. The van der Waals surface area contributed by atoms with Crippen LogP contribution in [0.4, 0.5) is 0 Å². The number of rotatable bonds is 3. The lowest BCUT2D eigenvalue weighted by atomic mass is 10.2. The summed E-state index contributed by atoms with van der Waals surface area (Å²) in [5.41, 5.74) is 1.86. The molecule has 0 saturated carbocycles. The molecule has 0 amide bonds. The Balaban J connectivity index is 1.79. The van der Waals surface area contributed by atoms with Crippen LogP contribution in [0.1, 0.15) is 24.5 Å². The average molecular weight is 273 g/mol. The van der Waals surface area contributed by atoms with Gasteiger partial charge in [-0.05, 0) is 26.0 Å². The number of nitrogens with one attached hydrogen (secondary N) is 1. The summed E-state index contributed by atoms with van der Waals surface area (Å²) in [4.78, 5) is 11.1. The van der Waals surface area contributed by atoms with E-state index in [9.17, 15) is 0 Å². The fourth-order valence-corrected chi connectivity index (χ4v) is 2.43. The van der Waals surface area contributed by atoms with E-state index in [1.54, 1.807) is 6.20 Å². The van der Waals surface area contributed by atoms with Crippen LogP contribution in [0.3, 0.4) is 0 Å². The number of pyridine rings is 1. The van der Waals surface area contributed by atoms with Gasteiger partial charge >= 0.3 is 0 Å². The van der Waals surface area contributed by atoms with E-state index >= 15 is 0 Å². The van der Waals surface area contributed by atoms with E-state index in [4.69, 9.17) is 4.52 Å². The summed E-state index contributed by atoms with van der Waals surface area (Å²) in [5.74, 6) is 1.31. The van der Waals surface area contributed by atoms with Crippen molar-refractivity contribution in [1.29, 1.82) is 0 Å². The minimum Gasteiger partial charge on any atom is -0.334 e. The van der Waals surface area contributed by atoms with Crippen LogP contribution in [0.25, 0.3) is 11.5 Å². The van der Waals surface area contributed by atoms with Gasteiger partial charge in [0, 0.05) is 43.6 Å². The third-order valence-corrected chi connectivity index (χ3v) is 3.66.